The Kier molecular flexibility index (Phi) is 6.31. The number of nitrogens with one attached hydrogen (secondary N) is 1. The first-order valence-electron chi connectivity index (χ1n) is 12.4. The van der Waals surface area contributed by atoms with Gasteiger partial charge in [0, 0.05) is 47.7 Å². The number of imidazole rings is 1. The topological polar surface area (TPSA) is 112 Å². The number of ether oxygens (including phenoxy) is 1. The molecule has 0 unspecified atom stereocenters. The van der Waals surface area contributed by atoms with Crippen LogP contribution in [0.5, 0.6) is 5.75 Å². The lowest BCUT2D eigenvalue weighted by Gasteiger charge is -2.25. The Bertz CT molecular complexity index is 1610. The molecule has 0 saturated heterocycles. The van der Waals surface area contributed by atoms with E-state index in [-0.39, 0.29) is 11.7 Å². The highest BCUT2D eigenvalue weighted by atomic mass is 16.5. The summed E-state index contributed by atoms with van der Waals surface area (Å²) in [5.41, 5.74) is 3.79. The average molecular weight is 505 g/mol. The van der Waals surface area contributed by atoms with Gasteiger partial charge in [0.1, 0.15) is 11.9 Å². The molecule has 0 saturated carbocycles. The van der Waals surface area contributed by atoms with Gasteiger partial charge in [0.15, 0.2) is 5.78 Å². The molecule has 0 radical (unpaired) electrons. The lowest BCUT2D eigenvalue weighted by Crippen LogP contribution is -2.21. The maximum absolute atomic E-state index is 13.6. The first-order chi connectivity index (χ1) is 18.7. The normalized spacial score (nSPS) is 13.6. The van der Waals surface area contributed by atoms with E-state index in [0.29, 0.717) is 59.3 Å². The van der Waals surface area contributed by atoms with E-state index in [2.05, 4.69) is 25.5 Å². The number of hydrogen-bond acceptors (Lipinski definition) is 7. The third kappa shape index (κ3) is 4.61. The average Bonchev–Trinajstić information content (AvgIpc) is 3.47. The molecule has 0 bridgehead atoms. The zero-order valence-electron chi connectivity index (χ0n) is 20.4. The van der Waals surface area contributed by atoms with Crippen molar-refractivity contribution in [3.8, 4) is 5.75 Å². The minimum atomic E-state index is -0.422. The molecule has 1 aliphatic carbocycles. The fourth-order valence-electron chi connectivity index (χ4n) is 4.83. The molecule has 0 aliphatic heterocycles. The van der Waals surface area contributed by atoms with Crippen LogP contribution in [0.4, 0.5) is 5.69 Å². The molecular weight excluding hydrogens is 480 g/mol. The van der Waals surface area contributed by atoms with Crippen molar-refractivity contribution in [2.75, 3.05) is 5.32 Å². The van der Waals surface area contributed by atoms with E-state index in [0.717, 1.165) is 11.1 Å². The van der Waals surface area contributed by atoms with Crippen LogP contribution in [0.1, 0.15) is 50.8 Å². The second-order valence-electron chi connectivity index (χ2n) is 9.12. The third-order valence-corrected chi connectivity index (χ3v) is 6.70. The number of anilines is 1. The van der Waals surface area contributed by atoms with E-state index >= 15 is 0 Å². The molecule has 38 heavy (non-hydrogen) atoms. The molecule has 5 aromatic rings. The summed E-state index contributed by atoms with van der Waals surface area (Å²) in [6, 6.07) is 14.7. The van der Waals surface area contributed by atoms with Crippen molar-refractivity contribution >= 4 is 28.3 Å². The number of fused-ring (bicyclic) bond motifs is 2. The third-order valence-electron chi connectivity index (χ3n) is 6.70. The molecule has 9 nitrogen and oxygen atoms in total. The van der Waals surface area contributed by atoms with Gasteiger partial charge in [0.05, 0.1) is 35.8 Å². The number of pyridine rings is 1. The minimum absolute atomic E-state index is 0.0616. The van der Waals surface area contributed by atoms with Gasteiger partial charge in [-0.05, 0) is 42.7 Å². The number of benzene rings is 2. The Labute approximate surface area is 218 Å². The van der Waals surface area contributed by atoms with Gasteiger partial charge in [-0.15, -0.1) is 0 Å². The van der Waals surface area contributed by atoms with Gasteiger partial charge in [-0.3, -0.25) is 14.6 Å². The standard InChI is InChI=1S/C29H24N6O3/c36-25-9-3-7-22-21(25)10-11-26(38-27(17-35-14-13-31-18-35)19-5-4-12-30-15-19)28(22)33-29(37)23-16-32-34-24-8-2-1-6-20(23)24/h1-2,4-6,8,10-16,18,27H,3,7,9,17H2,(H,33,37)/t27-/m1/s1. The second kappa shape index (κ2) is 10.2. The van der Waals surface area contributed by atoms with E-state index in [9.17, 15) is 9.59 Å². The van der Waals surface area contributed by atoms with E-state index in [4.69, 9.17) is 4.74 Å². The zero-order chi connectivity index (χ0) is 25.9. The highest BCUT2D eigenvalue weighted by Gasteiger charge is 2.26. The Morgan fingerprint density at radius 3 is 2.79 bits per heavy atom. The van der Waals surface area contributed by atoms with Gasteiger partial charge >= 0.3 is 0 Å². The van der Waals surface area contributed by atoms with Crippen molar-refractivity contribution in [3.63, 3.8) is 0 Å². The summed E-state index contributed by atoms with van der Waals surface area (Å²) in [5, 5.41) is 11.9. The summed E-state index contributed by atoms with van der Waals surface area (Å²) in [5.74, 6) is 0.193. The van der Waals surface area contributed by atoms with Gasteiger partial charge in [0.2, 0.25) is 0 Å². The lowest BCUT2D eigenvalue weighted by atomic mass is 9.89. The molecule has 6 rings (SSSR count). The molecule has 3 heterocycles. The highest BCUT2D eigenvalue weighted by molar-refractivity contribution is 6.13. The van der Waals surface area contributed by atoms with Crippen molar-refractivity contribution in [1.82, 2.24) is 24.7 Å². The van der Waals surface area contributed by atoms with Crippen LogP contribution in [0.3, 0.4) is 0 Å². The van der Waals surface area contributed by atoms with Crippen LogP contribution in [-0.4, -0.2) is 36.4 Å². The number of ketones is 1. The molecular formula is C29H24N6O3. The summed E-state index contributed by atoms with van der Waals surface area (Å²) in [6.07, 6.45) is 11.6. The number of Topliss-reactive ketones (excluding diaryl/α,β-unsaturated/α-hetero) is 1. The van der Waals surface area contributed by atoms with Crippen LogP contribution >= 0.6 is 0 Å². The van der Waals surface area contributed by atoms with Crippen molar-refractivity contribution in [2.24, 2.45) is 0 Å². The van der Waals surface area contributed by atoms with E-state index in [1.165, 1.54) is 6.20 Å². The molecule has 1 aliphatic rings. The predicted octanol–water partition coefficient (Wildman–Crippen LogP) is 4.81. The molecule has 1 N–H and O–H groups in total. The fraction of sp³-hybridized carbons (Fsp3) is 0.172. The quantitative estimate of drug-likeness (QED) is 0.338. The highest BCUT2D eigenvalue weighted by Crippen LogP contribution is 2.38. The Morgan fingerprint density at radius 1 is 1.03 bits per heavy atom. The van der Waals surface area contributed by atoms with Crippen LogP contribution in [0.25, 0.3) is 10.9 Å². The Hall–Kier alpha value is -4.92. The number of amides is 1. The maximum Gasteiger partial charge on any atom is 0.258 e. The number of nitrogens with zero attached hydrogens (tertiary/aromatic N) is 5. The van der Waals surface area contributed by atoms with Gasteiger partial charge in [0.25, 0.3) is 5.91 Å². The van der Waals surface area contributed by atoms with Crippen LogP contribution in [0, 0.1) is 0 Å². The van der Waals surface area contributed by atoms with Gasteiger partial charge in [-0.2, -0.15) is 10.2 Å². The first-order valence-corrected chi connectivity index (χ1v) is 12.4. The lowest BCUT2D eigenvalue weighted by molar-refractivity contribution is 0.0969. The number of hydrogen-bond donors (Lipinski definition) is 1. The molecule has 2 aromatic carbocycles. The second-order valence-corrected chi connectivity index (χ2v) is 9.12. The number of carbonyl (C=O) groups excluding carboxylic acids is 2. The monoisotopic (exact) mass is 504 g/mol. The first kappa shape index (κ1) is 23.5. The van der Waals surface area contributed by atoms with Gasteiger partial charge in [-0.1, -0.05) is 24.3 Å². The van der Waals surface area contributed by atoms with Crippen LogP contribution in [0.2, 0.25) is 0 Å². The minimum Gasteiger partial charge on any atom is -0.482 e. The smallest absolute Gasteiger partial charge is 0.258 e. The molecule has 188 valence electrons. The molecule has 3 aromatic heterocycles. The molecule has 0 fully saturated rings. The molecule has 1 amide bonds. The zero-order valence-corrected chi connectivity index (χ0v) is 20.4. The van der Waals surface area contributed by atoms with Crippen LogP contribution < -0.4 is 10.1 Å². The summed E-state index contributed by atoms with van der Waals surface area (Å²) >= 11 is 0. The Morgan fingerprint density at radius 2 is 1.95 bits per heavy atom. The van der Waals surface area contributed by atoms with E-state index < -0.39 is 6.10 Å². The van der Waals surface area contributed by atoms with E-state index in [1.54, 1.807) is 37.1 Å². The van der Waals surface area contributed by atoms with Gasteiger partial charge in [-0.25, -0.2) is 4.98 Å². The molecule has 1 atom stereocenters. The summed E-state index contributed by atoms with van der Waals surface area (Å²) in [6.45, 7) is 0.480. The SMILES string of the molecule is O=C1CCCc2c1ccc(O[C@H](Cn1ccnc1)c1cccnc1)c2NC(=O)c1cnnc2ccccc12. The molecule has 9 heteroatoms. The summed E-state index contributed by atoms with van der Waals surface area (Å²) in [7, 11) is 0. The van der Waals surface area contributed by atoms with Crippen LogP contribution in [-0.2, 0) is 13.0 Å². The van der Waals surface area contributed by atoms with E-state index in [1.807, 2.05) is 47.2 Å². The summed E-state index contributed by atoms with van der Waals surface area (Å²) in [4.78, 5) is 34.8. The Balaban J connectivity index is 1.41. The number of carbonyl (C=O) groups is 2. The van der Waals surface area contributed by atoms with Crippen molar-refractivity contribution in [2.45, 2.75) is 31.9 Å². The van der Waals surface area contributed by atoms with Gasteiger partial charge < -0.3 is 14.6 Å². The van der Waals surface area contributed by atoms with Crippen molar-refractivity contribution < 1.29 is 14.3 Å². The maximum atomic E-state index is 13.6. The van der Waals surface area contributed by atoms with Crippen molar-refractivity contribution in [3.05, 3.63) is 108 Å². The summed E-state index contributed by atoms with van der Waals surface area (Å²) < 4.78 is 8.51. The van der Waals surface area contributed by atoms with Crippen molar-refractivity contribution in [1.29, 1.82) is 0 Å². The fourth-order valence-corrected chi connectivity index (χ4v) is 4.83. The number of aromatic nitrogens is 5. The predicted molar refractivity (Wildman–Crippen MR) is 141 cm³/mol. The molecule has 0 spiro atoms. The number of rotatable bonds is 7. The van der Waals surface area contributed by atoms with Crippen LogP contribution in [0.15, 0.2) is 85.8 Å². The largest absolute Gasteiger partial charge is 0.482 e.